The largest absolute Gasteiger partial charge is 0.356 e. The third kappa shape index (κ3) is 4.99. The Bertz CT molecular complexity index is 597. The molecule has 0 saturated heterocycles. The lowest BCUT2D eigenvalue weighted by molar-refractivity contribution is -0.124. The third-order valence-corrected chi connectivity index (χ3v) is 3.72. The van der Waals surface area contributed by atoms with Crippen molar-refractivity contribution in [1.29, 1.82) is 0 Å². The quantitative estimate of drug-likeness (QED) is 0.775. The van der Waals surface area contributed by atoms with Gasteiger partial charge in [-0.2, -0.15) is 0 Å². The Morgan fingerprint density at radius 2 is 1.77 bits per heavy atom. The molecular weight excluding hydrogens is 277 g/mol. The zero-order valence-corrected chi connectivity index (χ0v) is 12.9. The van der Waals surface area contributed by atoms with E-state index in [0.717, 1.165) is 12.8 Å². The maximum atomic E-state index is 13.6. The number of hydrogen-bond donors (Lipinski definition) is 1. The minimum absolute atomic E-state index is 0.0173. The van der Waals surface area contributed by atoms with Crippen molar-refractivity contribution in [3.05, 3.63) is 71.5 Å². The Labute approximate surface area is 131 Å². The van der Waals surface area contributed by atoms with Crippen LogP contribution in [0.1, 0.15) is 24.5 Å². The number of rotatable bonds is 7. The van der Waals surface area contributed by atoms with E-state index in [9.17, 15) is 9.18 Å². The lowest BCUT2D eigenvalue weighted by Crippen LogP contribution is -2.31. The van der Waals surface area contributed by atoms with Crippen LogP contribution >= 0.6 is 0 Å². The van der Waals surface area contributed by atoms with Crippen LogP contribution in [0.5, 0.6) is 0 Å². The zero-order valence-electron chi connectivity index (χ0n) is 12.9. The van der Waals surface area contributed by atoms with Crippen molar-refractivity contribution >= 4 is 5.91 Å². The summed E-state index contributed by atoms with van der Waals surface area (Å²) in [7, 11) is 0. The highest BCUT2D eigenvalue weighted by Crippen LogP contribution is 2.12. The fourth-order valence-electron chi connectivity index (χ4n) is 2.41. The molecule has 116 valence electrons. The first-order valence-electron chi connectivity index (χ1n) is 7.72. The zero-order chi connectivity index (χ0) is 15.8. The van der Waals surface area contributed by atoms with E-state index in [1.165, 1.54) is 11.6 Å². The average Bonchev–Trinajstić information content (AvgIpc) is 2.54. The minimum atomic E-state index is -0.244. The van der Waals surface area contributed by atoms with Crippen LogP contribution in [0.4, 0.5) is 4.39 Å². The van der Waals surface area contributed by atoms with E-state index >= 15 is 0 Å². The Balaban J connectivity index is 1.71. The van der Waals surface area contributed by atoms with E-state index < -0.39 is 0 Å². The minimum Gasteiger partial charge on any atom is -0.356 e. The number of hydrogen-bond acceptors (Lipinski definition) is 1. The van der Waals surface area contributed by atoms with Crippen LogP contribution in [0, 0.1) is 11.7 Å². The third-order valence-electron chi connectivity index (χ3n) is 3.72. The van der Waals surface area contributed by atoms with Crippen LogP contribution < -0.4 is 5.32 Å². The molecule has 0 aliphatic carbocycles. The van der Waals surface area contributed by atoms with Crippen LogP contribution in [0.3, 0.4) is 0 Å². The molecule has 3 heteroatoms. The van der Waals surface area contributed by atoms with Gasteiger partial charge in [-0.25, -0.2) is 4.39 Å². The molecule has 0 aromatic heterocycles. The number of amides is 1. The summed E-state index contributed by atoms with van der Waals surface area (Å²) in [6, 6.07) is 16.8. The van der Waals surface area contributed by atoms with Gasteiger partial charge in [0.05, 0.1) is 0 Å². The fraction of sp³-hybridized carbons (Fsp3) is 0.316. The van der Waals surface area contributed by atoms with Crippen LogP contribution in [0.25, 0.3) is 0 Å². The number of carbonyl (C=O) groups is 1. The second kappa shape index (κ2) is 8.32. The highest BCUT2D eigenvalue weighted by atomic mass is 19.1. The molecule has 0 fully saturated rings. The molecule has 1 N–H and O–H groups in total. The summed E-state index contributed by atoms with van der Waals surface area (Å²) in [4.78, 5) is 12.0. The summed E-state index contributed by atoms with van der Waals surface area (Å²) >= 11 is 0. The summed E-state index contributed by atoms with van der Waals surface area (Å²) in [6.45, 7) is 2.48. The number of aryl methyl sites for hydroxylation is 1. The van der Waals surface area contributed by atoms with Gasteiger partial charge in [0.15, 0.2) is 0 Å². The number of carbonyl (C=O) groups excluding carboxylic acids is 1. The molecular formula is C19H22FNO. The molecule has 0 bridgehead atoms. The second-order valence-electron chi connectivity index (χ2n) is 5.58. The average molecular weight is 299 g/mol. The molecule has 2 nitrogen and oxygen atoms in total. The first-order valence-corrected chi connectivity index (χ1v) is 7.72. The van der Waals surface area contributed by atoms with Crippen molar-refractivity contribution in [2.75, 3.05) is 6.54 Å². The van der Waals surface area contributed by atoms with Crippen LogP contribution in [0.15, 0.2) is 54.6 Å². The Kier molecular flexibility index (Phi) is 6.13. The van der Waals surface area contributed by atoms with Gasteiger partial charge >= 0.3 is 0 Å². The van der Waals surface area contributed by atoms with Crippen molar-refractivity contribution < 1.29 is 9.18 Å². The van der Waals surface area contributed by atoms with Crippen LogP contribution in [-0.4, -0.2) is 12.5 Å². The van der Waals surface area contributed by atoms with Crippen LogP contribution in [0.2, 0.25) is 0 Å². The maximum absolute atomic E-state index is 13.6. The lowest BCUT2D eigenvalue weighted by atomic mass is 10.00. The van der Waals surface area contributed by atoms with Crippen molar-refractivity contribution in [2.24, 2.45) is 5.92 Å². The lowest BCUT2D eigenvalue weighted by Gasteiger charge is -2.12. The SMILES string of the molecule is CC(Cc1ccccc1F)C(=O)NCCCc1ccccc1. The molecule has 0 aliphatic heterocycles. The number of nitrogens with one attached hydrogen (secondary N) is 1. The Hall–Kier alpha value is -2.16. The molecule has 0 aliphatic rings. The molecule has 2 rings (SSSR count). The normalized spacial score (nSPS) is 11.9. The highest BCUT2D eigenvalue weighted by molar-refractivity contribution is 5.78. The first kappa shape index (κ1) is 16.2. The summed E-state index contributed by atoms with van der Waals surface area (Å²) in [5.74, 6) is -0.490. The molecule has 0 spiro atoms. The van der Waals surface area contributed by atoms with Crippen molar-refractivity contribution in [1.82, 2.24) is 5.32 Å². The topological polar surface area (TPSA) is 29.1 Å². The van der Waals surface area contributed by atoms with E-state index in [1.807, 2.05) is 25.1 Å². The molecule has 1 unspecified atom stereocenters. The monoisotopic (exact) mass is 299 g/mol. The van der Waals surface area contributed by atoms with Gasteiger partial charge in [0, 0.05) is 12.5 Å². The predicted octanol–water partition coefficient (Wildman–Crippen LogP) is 3.75. The molecule has 2 aromatic rings. The van der Waals surface area contributed by atoms with E-state index in [2.05, 4.69) is 17.4 Å². The molecule has 1 amide bonds. The van der Waals surface area contributed by atoms with Gasteiger partial charge in [-0.15, -0.1) is 0 Å². The van der Waals surface area contributed by atoms with Gasteiger partial charge in [-0.3, -0.25) is 4.79 Å². The molecule has 0 heterocycles. The highest BCUT2D eigenvalue weighted by Gasteiger charge is 2.14. The van der Waals surface area contributed by atoms with Crippen molar-refractivity contribution in [3.8, 4) is 0 Å². The van der Waals surface area contributed by atoms with E-state index in [1.54, 1.807) is 18.2 Å². The van der Waals surface area contributed by atoms with Gasteiger partial charge in [-0.05, 0) is 36.5 Å². The molecule has 2 aromatic carbocycles. The first-order chi connectivity index (χ1) is 10.7. The molecule has 1 atom stereocenters. The second-order valence-corrected chi connectivity index (χ2v) is 5.58. The summed E-state index contributed by atoms with van der Waals surface area (Å²) in [5.41, 5.74) is 1.87. The summed E-state index contributed by atoms with van der Waals surface area (Å²) < 4.78 is 13.6. The van der Waals surface area contributed by atoms with Crippen LogP contribution in [-0.2, 0) is 17.6 Å². The Morgan fingerprint density at radius 1 is 1.09 bits per heavy atom. The number of halogens is 1. The van der Waals surface area contributed by atoms with E-state index in [0.29, 0.717) is 18.5 Å². The summed E-state index contributed by atoms with van der Waals surface area (Å²) in [5, 5.41) is 2.93. The molecule has 22 heavy (non-hydrogen) atoms. The van der Waals surface area contributed by atoms with Crippen molar-refractivity contribution in [2.45, 2.75) is 26.2 Å². The molecule has 0 saturated carbocycles. The standard InChI is InChI=1S/C19H22FNO/c1-15(14-17-11-5-6-12-18(17)20)19(22)21-13-7-10-16-8-3-2-4-9-16/h2-6,8-9,11-12,15H,7,10,13-14H2,1H3,(H,21,22). The van der Waals surface area contributed by atoms with E-state index in [-0.39, 0.29) is 17.6 Å². The van der Waals surface area contributed by atoms with Gasteiger partial charge < -0.3 is 5.32 Å². The number of benzene rings is 2. The smallest absolute Gasteiger partial charge is 0.223 e. The molecule has 0 radical (unpaired) electrons. The van der Waals surface area contributed by atoms with Crippen molar-refractivity contribution in [3.63, 3.8) is 0 Å². The predicted molar refractivity (Wildman–Crippen MR) is 87.0 cm³/mol. The maximum Gasteiger partial charge on any atom is 0.223 e. The van der Waals surface area contributed by atoms with Gasteiger partial charge in [0.1, 0.15) is 5.82 Å². The van der Waals surface area contributed by atoms with E-state index in [4.69, 9.17) is 0 Å². The summed E-state index contributed by atoms with van der Waals surface area (Å²) in [6.07, 6.45) is 2.28. The Morgan fingerprint density at radius 3 is 2.50 bits per heavy atom. The fourth-order valence-corrected chi connectivity index (χ4v) is 2.41. The van der Waals surface area contributed by atoms with Gasteiger partial charge in [-0.1, -0.05) is 55.5 Å². The van der Waals surface area contributed by atoms with Gasteiger partial charge in [0.25, 0.3) is 0 Å². The van der Waals surface area contributed by atoms with Gasteiger partial charge in [0.2, 0.25) is 5.91 Å².